The van der Waals surface area contributed by atoms with Crippen molar-refractivity contribution in [2.24, 2.45) is 5.10 Å². The first kappa shape index (κ1) is 24.9. The van der Waals surface area contributed by atoms with E-state index >= 15 is 0 Å². The zero-order chi connectivity index (χ0) is 24.5. The second-order valence-electron chi connectivity index (χ2n) is 6.80. The average molecular weight is 502 g/mol. The lowest BCUT2D eigenvalue weighted by Crippen LogP contribution is -2.20. The van der Waals surface area contributed by atoms with Gasteiger partial charge in [0.05, 0.1) is 25.5 Å². The number of rotatable bonds is 9. The van der Waals surface area contributed by atoms with Gasteiger partial charge in [0, 0.05) is 16.3 Å². The van der Waals surface area contributed by atoms with E-state index in [1.54, 1.807) is 60.7 Å². The van der Waals surface area contributed by atoms with E-state index in [0.717, 1.165) is 0 Å². The Bertz CT molecular complexity index is 1200. The van der Waals surface area contributed by atoms with Gasteiger partial charge in [-0.05, 0) is 66.2 Å². The summed E-state index contributed by atoms with van der Waals surface area (Å²) in [6, 6.07) is 16.4. The molecular formula is C24H21Cl2N3O5. The van der Waals surface area contributed by atoms with Crippen LogP contribution in [0.5, 0.6) is 17.2 Å². The summed E-state index contributed by atoms with van der Waals surface area (Å²) in [6.07, 6.45) is 1.43. The number of methoxy groups -OCH3 is 2. The molecule has 8 nitrogen and oxygen atoms in total. The van der Waals surface area contributed by atoms with Gasteiger partial charge in [0.2, 0.25) is 0 Å². The van der Waals surface area contributed by atoms with E-state index in [1.165, 1.54) is 20.4 Å². The molecule has 2 N–H and O–H groups in total. The number of carbonyl (C=O) groups is 2. The highest BCUT2D eigenvalue weighted by molar-refractivity contribution is 6.32. The number of nitrogens with one attached hydrogen (secondary N) is 2. The molecule has 0 heterocycles. The monoisotopic (exact) mass is 501 g/mol. The molecule has 0 atom stereocenters. The third kappa shape index (κ3) is 6.87. The molecule has 0 aliphatic rings. The van der Waals surface area contributed by atoms with Crippen LogP contribution in [0, 0.1) is 0 Å². The molecule has 3 aromatic carbocycles. The number of anilines is 1. The molecule has 2 amide bonds. The number of hydrogen-bond donors (Lipinski definition) is 2. The lowest BCUT2D eigenvalue weighted by atomic mass is 10.2. The Hall–Kier alpha value is -3.75. The highest BCUT2D eigenvalue weighted by atomic mass is 35.5. The molecule has 0 fully saturated rings. The minimum Gasteiger partial charge on any atom is -0.493 e. The van der Waals surface area contributed by atoms with Crippen LogP contribution in [0.15, 0.2) is 65.8 Å². The van der Waals surface area contributed by atoms with E-state index < -0.39 is 5.91 Å². The number of halogens is 2. The molecule has 0 spiro atoms. The van der Waals surface area contributed by atoms with E-state index in [9.17, 15) is 9.59 Å². The highest BCUT2D eigenvalue weighted by Gasteiger charge is 2.10. The minimum absolute atomic E-state index is 0.225. The molecule has 0 saturated heterocycles. The van der Waals surface area contributed by atoms with Gasteiger partial charge in [-0.25, -0.2) is 5.43 Å². The maximum absolute atomic E-state index is 12.3. The maximum Gasteiger partial charge on any atom is 0.271 e. The third-order valence-corrected chi connectivity index (χ3v) is 5.02. The van der Waals surface area contributed by atoms with Gasteiger partial charge in [0.25, 0.3) is 11.8 Å². The van der Waals surface area contributed by atoms with Crippen molar-refractivity contribution < 1.29 is 23.8 Å². The standard InChI is InChI=1S/C24H21Cl2N3O5/c1-32-21-10-4-16(12-22(21)33-2)24(31)29-27-13-15-3-9-20(19(26)11-15)34-14-23(30)28-18-7-5-17(25)6-8-18/h3-13H,14H2,1-2H3,(H,28,30)(H,29,31)/b27-13+. The average Bonchev–Trinajstić information content (AvgIpc) is 2.84. The van der Waals surface area contributed by atoms with Crippen molar-refractivity contribution in [2.45, 2.75) is 0 Å². The number of ether oxygens (including phenoxy) is 3. The molecule has 0 saturated carbocycles. The molecule has 3 rings (SSSR count). The van der Waals surface area contributed by atoms with Gasteiger partial charge in [0.1, 0.15) is 5.75 Å². The molecule has 3 aromatic rings. The first-order chi connectivity index (χ1) is 16.4. The van der Waals surface area contributed by atoms with Crippen LogP contribution in [0.1, 0.15) is 15.9 Å². The zero-order valence-electron chi connectivity index (χ0n) is 18.3. The van der Waals surface area contributed by atoms with Gasteiger partial charge in [0.15, 0.2) is 18.1 Å². The Balaban J connectivity index is 1.53. The van der Waals surface area contributed by atoms with Crippen molar-refractivity contribution >= 4 is 46.9 Å². The van der Waals surface area contributed by atoms with Gasteiger partial charge >= 0.3 is 0 Å². The third-order valence-electron chi connectivity index (χ3n) is 4.47. The Morgan fingerprint density at radius 1 is 0.912 bits per heavy atom. The van der Waals surface area contributed by atoms with Crippen molar-refractivity contribution in [1.29, 1.82) is 0 Å². The summed E-state index contributed by atoms with van der Waals surface area (Å²) < 4.78 is 15.8. The van der Waals surface area contributed by atoms with E-state index in [1.807, 2.05) is 0 Å². The quantitative estimate of drug-likeness (QED) is 0.324. The molecule has 176 valence electrons. The van der Waals surface area contributed by atoms with Gasteiger partial charge < -0.3 is 19.5 Å². The van der Waals surface area contributed by atoms with Gasteiger partial charge in [-0.3, -0.25) is 9.59 Å². The van der Waals surface area contributed by atoms with Crippen LogP contribution in [0.4, 0.5) is 5.69 Å². The molecule has 0 aliphatic carbocycles. The summed E-state index contributed by atoms with van der Waals surface area (Å²) in [6.45, 7) is -0.225. The van der Waals surface area contributed by atoms with Gasteiger partial charge in [-0.15, -0.1) is 0 Å². The Kier molecular flexibility index (Phi) is 8.73. The summed E-state index contributed by atoms with van der Waals surface area (Å²) in [4.78, 5) is 24.4. The van der Waals surface area contributed by atoms with Gasteiger partial charge in [-0.1, -0.05) is 23.2 Å². The Labute approximate surface area is 206 Å². The SMILES string of the molecule is COc1ccc(C(=O)N/N=C/c2ccc(OCC(=O)Nc3ccc(Cl)cc3)c(Cl)c2)cc1OC. The molecule has 0 aromatic heterocycles. The second-order valence-corrected chi connectivity index (χ2v) is 7.65. The second kappa shape index (κ2) is 11.9. The van der Waals surface area contributed by atoms with Crippen LogP contribution in [-0.4, -0.2) is 38.9 Å². The van der Waals surface area contributed by atoms with E-state index in [0.29, 0.717) is 39.1 Å². The fourth-order valence-electron chi connectivity index (χ4n) is 2.80. The summed E-state index contributed by atoms with van der Waals surface area (Å²) >= 11 is 12.1. The number of hydrazone groups is 1. The number of benzene rings is 3. The number of amides is 2. The first-order valence-electron chi connectivity index (χ1n) is 9.93. The zero-order valence-corrected chi connectivity index (χ0v) is 19.8. The number of hydrogen-bond acceptors (Lipinski definition) is 6. The number of carbonyl (C=O) groups excluding carboxylic acids is 2. The van der Waals surface area contributed by atoms with Gasteiger partial charge in [-0.2, -0.15) is 5.10 Å². The lowest BCUT2D eigenvalue weighted by Gasteiger charge is -2.09. The van der Waals surface area contributed by atoms with E-state index in [2.05, 4.69) is 15.8 Å². The fraction of sp³-hybridized carbons (Fsp3) is 0.125. The predicted octanol–water partition coefficient (Wildman–Crippen LogP) is 4.79. The van der Waals surface area contributed by atoms with Crippen LogP contribution in [0.2, 0.25) is 10.0 Å². The summed E-state index contributed by atoms with van der Waals surface area (Å²) in [7, 11) is 3.00. The van der Waals surface area contributed by atoms with Crippen LogP contribution < -0.4 is 25.0 Å². The largest absolute Gasteiger partial charge is 0.493 e. The molecule has 10 heteroatoms. The molecular weight excluding hydrogens is 481 g/mol. The summed E-state index contributed by atoms with van der Waals surface area (Å²) in [5.41, 5.74) is 4.01. The smallest absolute Gasteiger partial charge is 0.271 e. The van der Waals surface area contributed by atoms with Crippen molar-refractivity contribution in [3.8, 4) is 17.2 Å². The van der Waals surface area contributed by atoms with Crippen LogP contribution in [0.3, 0.4) is 0 Å². The Morgan fingerprint density at radius 3 is 2.29 bits per heavy atom. The fourth-order valence-corrected chi connectivity index (χ4v) is 3.17. The van der Waals surface area contributed by atoms with Crippen molar-refractivity contribution in [3.63, 3.8) is 0 Å². The van der Waals surface area contributed by atoms with Crippen molar-refractivity contribution in [1.82, 2.24) is 5.43 Å². The van der Waals surface area contributed by atoms with Crippen molar-refractivity contribution in [3.05, 3.63) is 81.8 Å². The topological polar surface area (TPSA) is 98.3 Å². The predicted molar refractivity (Wildman–Crippen MR) is 132 cm³/mol. The molecule has 0 unspecified atom stereocenters. The minimum atomic E-state index is -0.421. The van der Waals surface area contributed by atoms with Crippen LogP contribution in [0.25, 0.3) is 0 Å². The molecule has 0 radical (unpaired) electrons. The maximum atomic E-state index is 12.3. The Morgan fingerprint density at radius 2 is 1.62 bits per heavy atom. The van der Waals surface area contributed by atoms with E-state index in [-0.39, 0.29) is 17.5 Å². The molecule has 0 aliphatic heterocycles. The number of nitrogens with zero attached hydrogens (tertiary/aromatic N) is 1. The van der Waals surface area contributed by atoms with Crippen molar-refractivity contribution in [2.75, 3.05) is 26.1 Å². The molecule has 0 bridgehead atoms. The lowest BCUT2D eigenvalue weighted by molar-refractivity contribution is -0.118. The first-order valence-corrected chi connectivity index (χ1v) is 10.7. The molecule has 34 heavy (non-hydrogen) atoms. The highest BCUT2D eigenvalue weighted by Crippen LogP contribution is 2.27. The normalized spacial score (nSPS) is 10.6. The van der Waals surface area contributed by atoms with Crippen LogP contribution >= 0.6 is 23.2 Å². The summed E-state index contributed by atoms with van der Waals surface area (Å²) in [5, 5.41) is 7.50. The van der Waals surface area contributed by atoms with E-state index in [4.69, 9.17) is 37.4 Å². The van der Waals surface area contributed by atoms with Crippen LogP contribution in [-0.2, 0) is 4.79 Å². The summed E-state index contributed by atoms with van der Waals surface area (Å²) in [5.74, 6) is 0.515.